The molecule has 6 nitrogen and oxygen atoms in total. The summed E-state index contributed by atoms with van der Waals surface area (Å²) in [6.45, 7) is 1.93. The first-order chi connectivity index (χ1) is 10.2. The Bertz CT molecular complexity index is 677. The topological polar surface area (TPSA) is 80.7 Å². The minimum Gasteiger partial charge on any atom is -0.466 e. The summed E-state index contributed by atoms with van der Waals surface area (Å²) in [5, 5.41) is 4.78. The molecule has 0 fully saturated rings. The number of nitrogens with zero attached hydrogens (tertiary/aromatic N) is 2. The molecule has 108 valence electrons. The van der Waals surface area contributed by atoms with Crippen molar-refractivity contribution in [2.24, 2.45) is 5.10 Å². The average Bonchev–Trinajstić information content (AvgIpc) is 2.47. The van der Waals surface area contributed by atoms with Gasteiger partial charge in [-0.05, 0) is 19.1 Å². The molecule has 2 rings (SSSR count). The molecule has 0 saturated carbocycles. The largest absolute Gasteiger partial charge is 0.466 e. The van der Waals surface area contributed by atoms with Gasteiger partial charge in [0.05, 0.1) is 18.3 Å². The zero-order valence-corrected chi connectivity index (χ0v) is 11.6. The number of ether oxygens (including phenoxy) is 1. The standard InChI is InChI=1S/C15H15N3O3/c1-2-21-15(20)9-14(19)18-17-10-11-7-8-16-13-6-4-3-5-12(11)13/h3-8,10H,2,9H2,1H3,(H,18,19). The number of carbonyl (C=O) groups is 2. The minimum atomic E-state index is -0.570. The number of rotatable bonds is 5. The van der Waals surface area contributed by atoms with Gasteiger partial charge < -0.3 is 4.74 Å². The van der Waals surface area contributed by atoms with Crippen LogP contribution in [0.3, 0.4) is 0 Å². The monoisotopic (exact) mass is 285 g/mol. The Hall–Kier alpha value is -2.76. The molecule has 1 heterocycles. The second-order valence-corrected chi connectivity index (χ2v) is 4.19. The molecule has 0 radical (unpaired) electrons. The predicted molar refractivity (Wildman–Crippen MR) is 78.7 cm³/mol. The number of aromatic nitrogens is 1. The van der Waals surface area contributed by atoms with Crippen LogP contribution < -0.4 is 5.43 Å². The molecular weight excluding hydrogens is 270 g/mol. The smallest absolute Gasteiger partial charge is 0.315 e. The molecule has 6 heteroatoms. The van der Waals surface area contributed by atoms with Gasteiger partial charge in [-0.25, -0.2) is 5.43 Å². The second-order valence-electron chi connectivity index (χ2n) is 4.19. The van der Waals surface area contributed by atoms with Crippen LogP contribution in [0.25, 0.3) is 10.9 Å². The Morgan fingerprint density at radius 3 is 2.95 bits per heavy atom. The third kappa shape index (κ3) is 4.10. The Balaban J connectivity index is 2.00. The number of hydrogen-bond donors (Lipinski definition) is 1. The van der Waals surface area contributed by atoms with Crippen molar-refractivity contribution in [1.82, 2.24) is 10.4 Å². The first-order valence-corrected chi connectivity index (χ1v) is 6.52. The summed E-state index contributed by atoms with van der Waals surface area (Å²) in [5.41, 5.74) is 3.97. The number of nitrogens with one attached hydrogen (secondary N) is 1. The van der Waals surface area contributed by atoms with Crippen molar-refractivity contribution in [3.63, 3.8) is 0 Å². The summed E-state index contributed by atoms with van der Waals surface area (Å²) in [6.07, 6.45) is 2.85. The molecule has 0 aliphatic heterocycles. The summed E-state index contributed by atoms with van der Waals surface area (Å²) >= 11 is 0. The number of benzene rings is 1. The molecule has 21 heavy (non-hydrogen) atoms. The summed E-state index contributed by atoms with van der Waals surface area (Å²) in [6, 6.07) is 9.41. The first kappa shape index (κ1) is 14.6. The normalized spacial score (nSPS) is 10.7. The van der Waals surface area contributed by atoms with E-state index in [9.17, 15) is 9.59 Å². The van der Waals surface area contributed by atoms with E-state index in [1.807, 2.05) is 24.3 Å². The highest BCUT2D eigenvalue weighted by Gasteiger charge is 2.08. The first-order valence-electron chi connectivity index (χ1n) is 6.52. The molecule has 0 saturated heterocycles. The summed E-state index contributed by atoms with van der Waals surface area (Å²) in [5.74, 6) is -1.08. The van der Waals surface area contributed by atoms with E-state index in [0.717, 1.165) is 16.5 Å². The molecule has 0 bridgehead atoms. The third-order valence-corrected chi connectivity index (χ3v) is 2.69. The van der Waals surface area contributed by atoms with Gasteiger partial charge in [0, 0.05) is 17.1 Å². The van der Waals surface area contributed by atoms with Crippen LogP contribution in [0.1, 0.15) is 18.9 Å². The lowest BCUT2D eigenvalue weighted by Gasteiger charge is -2.02. The maximum absolute atomic E-state index is 11.4. The highest BCUT2D eigenvalue weighted by atomic mass is 16.5. The van der Waals surface area contributed by atoms with Crippen molar-refractivity contribution < 1.29 is 14.3 Å². The van der Waals surface area contributed by atoms with Crippen molar-refractivity contribution in [2.75, 3.05) is 6.61 Å². The molecule has 2 aromatic rings. The fourth-order valence-corrected chi connectivity index (χ4v) is 1.79. The van der Waals surface area contributed by atoms with Crippen LogP contribution in [0.2, 0.25) is 0 Å². The molecule has 0 unspecified atom stereocenters. The SMILES string of the molecule is CCOC(=O)CC(=O)NN=Cc1ccnc2ccccc12. The van der Waals surface area contributed by atoms with Crippen LogP contribution in [-0.4, -0.2) is 29.7 Å². The van der Waals surface area contributed by atoms with Gasteiger partial charge >= 0.3 is 5.97 Å². The van der Waals surface area contributed by atoms with E-state index >= 15 is 0 Å². The van der Waals surface area contributed by atoms with Crippen molar-refractivity contribution in [2.45, 2.75) is 13.3 Å². The van der Waals surface area contributed by atoms with Gasteiger partial charge in [0.15, 0.2) is 0 Å². The van der Waals surface area contributed by atoms with Gasteiger partial charge in [-0.3, -0.25) is 14.6 Å². The number of amides is 1. The highest BCUT2D eigenvalue weighted by molar-refractivity contribution is 5.99. The lowest BCUT2D eigenvalue weighted by molar-refractivity contribution is -0.145. The zero-order chi connectivity index (χ0) is 15.1. The van der Waals surface area contributed by atoms with Gasteiger partial charge in [0.1, 0.15) is 6.42 Å². The number of hydrazone groups is 1. The Morgan fingerprint density at radius 1 is 1.33 bits per heavy atom. The molecule has 1 N–H and O–H groups in total. The van der Waals surface area contributed by atoms with Crippen LogP contribution in [0.15, 0.2) is 41.6 Å². The second kappa shape index (κ2) is 7.14. The van der Waals surface area contributed by atoms with Crippen LogP contribution in [0.4, 0.5) is 0 Å². The average molecular weight is 285 g/mol. The van der Waals surface area contributed by atoms with Gasteiger partial charge in [-0.2, -0.15) is 5.10 Å². The van der Waals surface area contributed by atoms with E-state index in [1.54, 1.807) is 19.2 Å². The van der Waals surface area contributed by atoms with Gasteiger partial charge in [-0.1, -0.05) is 18.2 Å². The van der Waals surface area contributed by atoms with Crippen LogP contribution in [0, 0.1) is 0 Å². The van der Waals surface area contributed by atoms with E-state index in [-0.39, 0.29) is 13.0 Å². The predicted octanol–water partition coefficient (Wildman–Crippen LogP) is 1.64. The number of para-hydroxylation sites is 1. The summed E-state index contributed by atoms with van der Waals surface area (Å²) in [4.78, 5) is 26.8. The van der Waals surface area contributed by atoms with Gasteiger partial charge in [0.25, 0.3) is 5.91 Å². The quantitative estimate of drug-likeness (QED) is 0.392. The fraction of sp³-hybridized carbons (Fsp3) is 0.200. The number of hydrogen-bond acceptors (Lipinski definition) is 5. The fourth-order valence-electron chi connectivity index (χ4n) is 1.79. The number of pyridine rings is 1. The number of fused-ring (bicyclic) bond motifs is 1. The van der Waals surface area contributed by atoms with E-state index < -0.39 is 11.9 Å². The third-order valence-electron chi connectivity index (χ3n) is 2.69. The maximum atomic E-state index is 11.4. The van der Waals surface area contributed by atoms with Crippen molar-refractivity contribution >= 4 is 29.0 Å². The zero-order valence-electron chi connectivity index (χ0n) is 11.6. The summed E-state index contributed by atoms with van der Waals surface area (Å²) in [7, 11) is 0. The Kier molecular flexibility index (Phi) is 4.98. The lowest BCUT2D eigenvalue weighted by atomic mass is 10.1. The number of esters is 1. The molecule has 0 aliphatic carbocycles. The van der Waals surface area contributed by atoms with Crippen molar-refractivity contribution in [3.8, 4) is 0 Å². The van der Waals surface area contributed by atoms with Gasteiger partial charge in [0.2, 0.25) is 0 Å². The highest BCUT2D eigenvalue weighted by Crippen LogP contribution is 2.13. The Morgan fingerprint density at radius 2 is 2.14 bits per heavy atom. The number of carbonyl (C=O) groups excluding carboxylic acids is 2. The molecule has 0 aliphatic rings. The molecule has 1 aromatic carbocycles. The molecule has 1 amide bonds. The molecule has 1 aromatic heterocycles. The van der Waals surface area contributed by atoms with E-state index in [1.165, 1.54) is 6.21 Å². The van der Waals surface area contributed by atoms with Crippen LogP contribution >= 0.6 is 0 Å². The summed E-state index contributed by atoms with van der Waals surface area (Å²) < 4.78 is 4.67. The molecule has 0 atom stereocenters. The molecular formula is C15H15N3O3. The van der Waals surface area contributed by atoms with Crippen LogP contribution in [0.5, 0.6) is 0 Å². The minimum absolute atomic E-state index is 0.248. The van der Waals surface area contributed by atoms with Crippen molar-refractivity contribution in [3.05, 3.63) is 42.1 Å². The maximum Gasteiger partial charge on any atom is 0.315 e. The lowest BCUT2D eigenvalue weighted by Crippen LogP contribution is -2.22. The van der Waals surface area contributed by atoms with Crippen LogP contribution in [-0.2, 0) is 14.3 Å². The Labute approximate surface area is 121 Å². The van der Waals surface area contributed by atoms with E-state index in [2.05, 4.69) is 20.2 Å². The van der Waals surface area contributed by atoms with E-state index in [4.69, 9.17) is 0 Å². The molecule has 0 spiro atoms. The van der Waals surface area contributed by atoms with Gasteiger partial charge in [-0.15, -0.1) is 0 Å². The van der Waals surface area contributed by atoms with Crippen molar-refractivity contribution in [1.29, 1.82) is 0 Å². The van der Waals surface area contributed by atoms with E-state index in [0.29, 0.717) is 0 Å².